The quantitative estimate of drug-likeness (QED) is 0.404. The van der Waals surface area contributed by atoms with Crippen LogP contribution in [0.1, 0.15) is 22.2 Å². The van der Waals surface area contributed by atoms with E-state index in [1.54, 1.807) is 50.4 Å². The number of aryl methyl sites for hydroxylation is 1. The van der Waals surface area contributed by atoms with Crippen LogP contribution in [0.3, 0.4) is 0 Å². The molecule has 1 amide bonds. The number of methoxy groups -OCH3 is 1. The van der Waals surface area contributed by atoms with Gasteiger partial charge >= 0.3 is 5.91 Å². The molecule has 8 heteroatoms. The first-order chi connectivity index (χ1) is 14.0. The van der Waals surface area contributed by atoms with E-state index in [0.29, 0.717) is 27.0 Å². The SMILES string of the molecule is COc1ccc(C(O)=C2C(=O)C(=O)N(c3nnc(C)s3)C2c2ccccc2)cc1. The molecule has 1 N–H and O–H groups in total. The second-order valence-electron chi connectivity index (χ2n) is 6.41. The van der Waals surface area contributed by atoms with E-state index in [9.17, 15) is 14.7 Å². The summed E-state index contributed by atoms with van der Waals surface area (Å²) in [6.07, 6.45) is 0. The van der Waals surface area contributed by atoms with Crippen molar-refractivity contribution in [2.24, 2.45) is 0 Å². The molecule has 3 aromatic rings. The molecule has 0 aliphatic carbocycles. The van der Waals surface area contributed by atoms with Crippen molar-refractivity contribution in [1.29, 1.82) is 0 Å². The number of anilines is 1. The fraction of sp³-hybridized carbons (Fsp3) is 0.143. The lowest BCUT2D eigenvalue weighted by molar-refractivity contribution is -0.132. The zero-order valence-electron chi connectivity index (χ0n) is 15.7. The summed E-state index contributed by atoms with van der Waals surface area (Å²) in [4.78, 5) is 27.1. The van der Waals surface area contributed by atoms with E-state index in [0.717, 1.165) is 0 Å². The van der Waals surface area contributed by atoms with Crippen molar-refractivity contribution in [3.63, 3.8) is 0 Å². The van der Waals surface area contributed by atoms with Gasteiger partial charge in [-0.2, -0.15) is 0 Å². The summed E-state index contributed by atoms with van der Waals surface area (Å²) in [6, 6.07) is 14.9. The summed E-state index contributed by atoms with van der Waals surface area (Å²) in [5, 5.41) is 20.0. The minimum absolute atomic E-state index is 0.0132. The molecule has 0 bridgehead atoms. The molecule has 0 radical (unpaired) electrons. The lowest BCUT2D eigenvalue weighted by atomic mass is 9.95. The molecule has 1 fully saturated rings. The fourth-order valence-electron chi connectivity index (χ4n) is 3.27. The Bertz CT molecular complexity index is 1110. The van der Waals surface area contributed by atoms with Gasteiger partial charge in [-0.25, -0.2) is 0 Å². The van der Waals surface area contributed by atoms with Crippen LogP contribution in [0, 0.1) is 6.92 Å². The number of aliphatic hydroxyl groups is 1. The second kappa shape index (κ2) is 7.48. The van der Waals surface area contributed by atoms with E-state index >= 15 is 0 Å². The predicted octanol–water partition coefficient (Wildman–Crippen LogP) is 3.48. The number of nitrogens with zero attached hydrogens (tertiary/aromatic N) is 3. The summed E-state index contributed by atoms with van der Waals surface area (Å²) < 4.78 is 5.14. The highest BCUT2D eigenvalue weighted by atomic mass is 32.1. The zero-order valence-corrected chi connectivity index (χ0v) is 16.5. The number of carbonyl (C=O) groups excluding carboxylic acids is 2. The van der Waals surface area contributed by atoms with Crippen LogP contribution < -0.4 is 9.64 Å². The molecule has 0 saturated carbocycles. The maximum absolute atomic E-state index is 12.9. The van der Waals surface area contributed by atoms with E-state index in [-0.39, 0.29) is 11.3 Å². The van der Waals surface area contributed by atoms with Gasteiger partial charge in [-0.1, -0.05) is 41.7 Å². The third-order valence-electron chi connectivity index (χ3n) is 4.64. The summed E-state index contributed by atoms with van der Waals surface area (Å²) in [5.74, 6) is -1.14. The maximum atomic E-state index is 12.9. The Hall–Kier alpha value is -3.52. The highest BCUT2D eigenvalue weighted by Crippen LogP contribution is 2.42. The molecule has 1 saturated heterocycles. The van der Waals surface area contributed by atoms with Gasteiger partial charge in [0, 0.05) is 5.56 Å². The number of hydrogen-bond donors (Lipinski definition) is 1. The molecule has 4 rings (SSSR count). The Balaban J connectivity index is 1.90. The highest BCUT2D eigenvalue weighted by molar-refractivity contribution is 7.15. The second-order valence-corrected chi connectivity index (χ2v) is 7.57. The molecular formula is C21H17N3O4S. The van der Waals surface area contributed by atoms with E-state index in [2.05, 4.69) is 10.2 Å². The van der Waals surface area contributed by atoms with Gasteiger partial charge in [0.1, 0.15) is 16.5 Å². The first kappa shape index (κ1) is 18.8. The topological polar surface area (TPSA) is 92.6 Å². The van der Waals surface area contributed by atoms with Gasteiger partial charge in [-0.3, -0.25) is 14.5 Å². The number of aliphatic hydroxyl groups excluding tert-OH is 1. The Morgan fingerprint density at radius 2 is 1.76 bits per heavy atom. The number of hydrogen-bond acceptors (Lipinski definition) is 7. The number of Topliss-reactive ketones (excluding diaryl/α,β-unsaturated/α-hetero) is 1. The first-order valence-electron chi connectivity index (χ1n) is 8.81. The number of amides is 1. The number of ether oxygens (including phenoxy) is 1. The molecule has 1 unspecified atom stereocenters. The van der Waals surface area contributed by atoms with Crippen molar-refractivity contribution < 1.29 is 19.4 Å². The van der Waals surface area contributed by atoms with Crippen molar-refractivity contribution in [3.05, 3.63) is 76.3 Å². The smallest absolute Gasteiger partial charge is 0.301 e. The van der Waals surface area contributed by atoms with Gasteiger partial charge in [0.2, 0.25) is 5.13 Å². The van der Waals surface area contributed by atoms with Crippen molar-refractivity contribution >= 4 is 33.9 Å². The Morgan fingerprint density at radius 3 is 2.34 bits per heavy atom. The Kier molecular flexibility index (Phi) is 4.85. The van der Waals surface area contributed by atoms with Gasteiger partial charge in [-0.15, -0.1) is 10.2 Å². The molecule has 29 heavy (non-hydrogen) atoms. The van der Waals surface area contributed by atoms with E-state index in [4.69, 9.17) is 4.74 Å². The zero-order chi connectivity index (χ0) is 20.5. The van der Waals surface area contributed by atoms with Crippen LogP contribution in [-0.4, -0.2) is 34.1 Å². The number of ketones is 1. The number of benzene rings is 2. The van der Waals surface area contributed by atoms with E-state index < -0.39 is 17.7 Å². The van der Waals surface area contributed by atoms with Crippen LogP contribution in [0.15, 0.2) is 60.2 Å². The monoisotopic (exact) mass is 407 g/mol. The minimum atomic E-state index is -0.800. The van der Waals surface area contributed by atoms with Gasteiger partial charge in [0.25, 0.3) is 5.78 Å². The molecule has 2 heterocycles. The average Bonchev–Trinajstić information content (AvgIpc) is 3.29. The van der Waals surface area contributed by atoms with Gasteiger partial charge in [0.15, 0.2) is 0 Å². The van der Waals surface area contributed by atoms with Crippen molar-refractivity contribution in [3.8, 4) is 5.75 Å². The minimum Gasteiger partial charge on any atom is -0.507 e. The molecule has 1 atom stereocenters. The molecule has 1 aromatic heterocycles. The van der Waals surface area contributed by atoms with Gasteiger partial charge in [-0.05, 0) is 36.8 Å². The maximum Gasteiger partial charge on any atom is 0.301 e. The summed E-state index contributed by atoms with van der Waals surface area (Å²) >= 11 is 1.21. The molecule has 1 aliphatic heterocycles. The number of rotatable bonds is 4. The molecule has 146 valence electrons. The van der Waals surface area contributed by atoms with Crippen LogP contribution in [0.5, 0.6) is 5.75 Å². The summed E-state index contributed by atoms with van der Waals surface area (Å²) in [6.45, 7) is 1.77. The Morgan fingerprint density at radius 1 is 1.07 bits per heavy atom. The van der Waals surface area contributed by atoms with Crippen molar-refractivity contribution in [2.75, 3.05) is 12.0 Å². The van der Waals surface area contributed by atoms with Crippen LogP contribution in [0.2, 0.25) is 0 Å². The van der Waals surface area contributed by atoms with Crippen molar-refractivity contribution in [1.82, 2.24) is 10.2 Å². The molecule has 7 nitrogen and oxygen atoms in total. The van der Waals surface area contributed by atoms with Crippen LogP contribution in [-0.2, 0) is 9.59 Å². The molecule has 1 aliphatic rings. The summed E-state index contributed by atoms with van der Waals surface area (Å²) in [7, 11) is 1.54. The standard InChI is InChI=1S/C21H17N3O4S/c1-12-22-23-21(29-12)24-17(13-6-4-3-5-7-13)16(19(26)20(24)27)18(25)14-8-10-15(28-2)11-9-14/h3-11,17,25H,1-2H3. The molecule has 0 spiro atoms. The average molecular weight is 407 g/mol. The Labute approximate surface area is 170 Å². The largest absolute Gasteiger partial charge is 0.507 e. The predicted molar refractivity (Wildman–Crippen MR) is 109 cm³/mol. The van der Waals surface area contributed by atoms with E-state index in [1.165, 1.54) is 16.2 Å². The lowest BCUT2D eigenvalue weighted by Gasteiger charge is -2.22. The summed E-state index contributed by atoms with van der Waals surface area (Å²) in [5.41, 5.74) is 1.12. The van der Waals surface area contributed by atoms with Gasteiger partial charge in [0.05, 0.1) is 18.7 Å². The van der Waals surface area contributed by atoms with Crippen LogP contribution in [0.4, 0.5) is 5.13 Å². The van der Waals surface area contributed by atoms with Crippen LogP contribution in [0.25, 0.3) is 5.76 Å². The number of carbonyl (C=O) groups is 2. The van der Waals surface area contributed by atoms with E-state index in [1.807, 2.05) is 18.2 Å². The lowest BCUT2D eigenvalue weighted by Crippen LogP contribution is -2.29. The highest BCUT2D eigenvalue weighted by Gasteiger charge is 2.48. The van der Waals surface area contributed by atoms with Crippen molar-refractivity contribution in [2.45, 2.75) is 13.0 Å². The molecular weight excluding hydrogens is 390 g/mol. The number of aromatic nitrogens is 2. The van der Waals surface area contributed by atoms with Gasteiger partial charge < -0.3 is 9.84 Å². The third-order valence-corrected chi connectivity index (χ3v) is 5.48. The molecule has 2 aromatic carbocycles. The first-order valence-corrected chi connectivity index (χ1v) is 9.63. The fourth-order valence-corrected chi connectivity index (χ4v) is 3.98. The van der Waals surface area contributed by atoms with Crippen LogP contribution >= 0.6 is 11.3 Å². The normalized spacial score (nSPS) is 18.3. The third kappa shape index (κ3) is 3.27.